The van der Waals surface area contributed by atoms with Crippen molar-refractivity contribution in [2.24, 2.45) is 0 Å². The lowest BCUT2D eigenvalue weighted by atomic mass is 10.0. The summed E-state index contributed by atoms with van der Waals surface area (Å²) >= 11 is 0. The van der Waals surface area contributed by atoms with Crippen LogP contribution in [0.5, 0.6) is 0 Å². The number of phosphoric acid groups is 2. The van der Waals surface area contributed by atoms with Crippen LogP contribution in [-0.2, 0) is 55.8 Å². The average molecular weight is 1550 g/mol. The van der Waals surface area contributed by atoms with Gasteiger partial charge in [0, 0.05) is 19.3 Å². The van der Waals surface area contributed by atoms with Crippen molar-refractivity contribution in [2.75, 3.05) is 39.6 Å². The predicted octanol–water partition coefficient (Wildman–Crippen LogP) is 25.9. The van der Waals surface area contributed by atoms with E-state index in [1.807, 2.05) is 0 Å². The molecule has 0 spiro atoms. The Morgan fingerprint density at radius 3 is 0.804 bits per heavy atom. The second-order valence-electron chi connectivity index (χ2n) is 29.0. The number of hydrogen-bond acceptors (Lipinski definition) is 14. The molecular formula is C89H158O16P2. The molecule has 0 aliphatic rings. The highest BCUT2D eigenvalue weighted by Gasteiger charge is 2.29. The third-order valence-corrected chi connectivity index (χ3v) is 20.4. The Hall–Kier alpha value is -3.79. The minimum absolute atomic E-state index is 0.103. The molecule has 0 saturated carbocycles. The fourth-order valence-electron chi connectivity index (χ4n) is 11.9. The van der Waals surface area contributed by atoms with Crippen LogP contribution in [0, 0.1) is 0 Å². The molecule has 0 aromatic rings. The minimum atomic E-state index is -4.93. The summed E-state index contributed by atoms with van der Waals surface area (Å²) in [5.41, 5.74) is 0. The van der Waals surface area contributed by atoms with Crippen molar-refractivity contribution >= 4 is 33.6 Å². The maximum Gasteiger partial charge on any atom is 0.472 e. The molecule has 16 nitrogen and oxygen atoms in total. The first-order chi connectivity index (χ1) is 52.2. The number of ether oxygens (including phenoxy) is 3. The van der Waals surface area contributed by atoms with Gasteiger partial charge in [-0.05, 0) is 109 Å². The molecule has 0 aliphatic heterocycles. The second-order valence-corrected chi connectivity index (χ2v) is 31.9. The lowest BCUT2D eigenvalue weighted by Crippen LogP contribution is -2.30. The summed E-state index contributed by atoms with van der Waals surface area (Å²) in [4.78, 5) is 58.7. The SMILES string of the molecule is CC/C=C\C/C=C\C/C=C\C/C=C\C/C=C\CCCCCCCC(=O)OCC(COP(=O)(O)OCC(O)COP(=O)(O)OCC(O)COC(=O)CCCCCCCCCCCCCCCCCCCCC/C=C\C/C=C\C/C=C\C/C=C\CCCCC)OC(=O)CCCCCCCCCCCCCCCCC. The maximum absolute atomic E-state index is 13.0. The molecule has 107 heavy (non-hydrogen) atoms. The molecular weight excluding hydrogens is 1390 g/mol. The number of aliphatic hydroxyl groups excluding tert-OH is 2. The summed E-state index contributed by atoms with van der Waals surface area (Å²) in [6, 6.07) is 0. The van der Waals surface area contributed by atoms with Gasteiger partial charge < -0.3 is 34.2 Å². The topological polar surface area (TPSA) is 231 Å². The molecule has 0 aromatic heterocycles. The molecule has 4 N–H and O–H groups in total. The molecule has 5 unspecified atom stereocenters. The molecule has 0 aromatic carbocycles. The van der Waals surface area contributed by atoms with E-state index in [9.17, 15) is 43.5 Å². The first kappa shape index (κ1) is 103. The van der Waals surface area contributed by atoms with E-state index in [1.165, 1.54) is 193 Å². The van der Waals surface area contributed by atoms with Crippen molar-refractivity contribution in [3.63, 3.8) is 0 Å². The van der Waals surface area contributed by atoms with Crippen LogP contribution in [0.4, 0.5) is 0 Å². The number of hydrogen-bond donors (Lipinski definition) is 4. The Labute approximate surface area is 653 Å². The molecule has 0 rings (SSSR count). The zero-order valence-corrected chi connectivity index (χ0v) is 69.8. The Bertz CT molecular complexity index is 2380. The van der Waals surface area contributed by atoms with Crippen LogP contribution in [0.3, 0.4) is 0 Å². The molecule has 0 amide bonds. The molecule has 620 valence electrons. The zero-order valence-electron chi connectivity index (χ0n) is 68.0. The molecule has 0 radical (unpaired) electrons. The molecule has 5 atom stereocenters. The highest BCUT2D eigenvalue weighted by atomic mass is 31.2. The lowest BCUT2D eigenvalue weighted by Gasteiger charge is -2.21. The van der Waals surface area contributed by atoms with Crippen LogP contribution in [0.1, 0.15) is 380 Å². The van der Waals surface area contributed by atoms with E-state index in [-0.39, 0.29) is 19.3 Å². The number of esters is 3. The van der Waals surface area contributed by atoms with Crippen molar-refractivity contribution < 1.29 is 75.8 Å². The fourth-order valence-corrected chi connectivity index (χ4v) is 13.5. The largest absolute Gasteiger partial charge is 0.472 e. The molecule has 0 fully saturated rings. The normalized spacial score (nSPS) is 14.4. The number of allylic oxidation sites excluding steroid dienone is 18. The smallest absolute Gasteiger partial charge is 0.463 e. The first-order valence-electron chi connectivity index (χ1n) is 43.2. The van der Waals surface area contributed by atoms with E-state index in [0.29, 0.717) is 19.3 Å². The first-order valence-corrected chi connectivity index (χ1v) is 46.2. The van der Waals surface area contributed by atoms with Crippen LogP contribution in [-0.4, -0.2) is 95.9 Å². The van der Waals surface area contributed by atoms with Crippen LogP contribution < -0.4 is 0 Å². The zero-order chi connectivity index (χ0) is 78.0. The van der Waals surface area contributed by atoms with E-state index < -0.39 is 91.5 Å². The van der Waals surface area contributed by atoms with Gasteiger partial charge in [0.25, 0.3) is 0 Å². The van der Waals surface area contributed by atoms with E-state index in [1.54, 1.807) is 0 Å². The molecule has 18 heteroatoms. The van der Waals surface area contributed by atoms with Crippen LogP contribution in [0.15, 0.2) is 109 Å². The van der Waals surface area contributed by atoms with Crippen LogP contribution in [0.25, 0.3) is 0 Å². The number of carbonyl (C=O) groups excluding carboxylic acids is 3. The van der Waals surface area contributed by atoms with Gasteiger partial charge in [-0.15, -0.1) is 0 Å². The number of rotatable bonds is 82. The fraction of sp³-hybridized carbons (Fsp3) is 0.764. The van der Waals surface area contributed by atoms with Crippen molar-refractivity contribution in [1.29, 1.82) is 0 Å². The van der Waals surface area contributed by atoms with Crippen molar-refractivity contribution in [1.82, 2.24) is 0 Å². The number of carbonyl (C=O) groups is 3. The molecule has 0 heterocycles. The molecule has 0 aliphatic carbocycles. The van der Waals surface area contributed by atoms with E-state index in [2.05, 4.69) is 130 Å². The standard InChI is InChI=1S/C89H158O16P2/c1-4-7-10-13-16-19-22-25-28-30-32-34-35-36-37-38-39-40-41-42-43-44-45-46-47-49-51-52-55-57-60-63-66-69-72-75-87(92)99-78-84(90)79-101-106(95,96)102-80-85(91)81-103-107(97,98)104-83-86(105-89(94)77-74-71-68-65-62-59-54-27-24-21-18-15-12-9-6-3)82-100-88(93)76-73-70-67-64-61-58-56-53-50-48-33-31-29-26-23-20-17-14-11-8-5-2/h8,11,16-17,19-20,25-26,28-29,32-34,36-37,48,53,56,84-86,90-91H,4-7,9-10,12-15,18,21-24,27,30-31,35,38-47,49-52,54-55,57-83H2,1-3H3,(H,95,96)(H,97,98)/b11-8-,19-16-,20-17-,28-25-,29-26-,34-32-,37-36-,48-33-,56-53-. The van der Waals surface area contributed by atoms with E-state index in [4.69, 9.17) is 32.3 Å². The number of unbranched alkanes of at least 4 members (excludes halogenated alkanes) is 41. The van der Waals surface area contributed by atoms with Gasteiger partial charge in [-0.2, -0.15) is 0 Å². The van der Waals surface area contributed by atoms with Gasteiger partial charge in [0.2, 0.25) is 0 Å². The highest BCUT2D eigenvalue weighted by Crippen LogP contribution is 2.45. The van der Waals surface area contributed by atoms with Crippen molar-refractivity contribution in [3.8, 4) is 0 Å². The van der Waals surface area contributed by atoms with Gasteiger partial charge >= 0.3 is 33.6 Å². The summed E-state index contributed by atoms with van der Waals surface area (Å²) in [5, 5.41) is 20.7. The summed E-state index contributed by atoms with van der Waals surface area (Å²) in [6.07, 6.45) is 97.2. The summed E-state index contributed by atoms with van der Waals surface area (Å²) in [7, 11) is -9.79. The van der Waals surface area contributed by atoms with Crippen molar-refractivity contribution in [2.45, 2.75) is 399 Å². The third-order valence-electron chi connectivity index (χ3n) is 18.5. The van der Waals surface area contributed by atoms with Crippen LogP contribution >= 0.6 is 15.6 Å². The number of phosphoric ester groups is 2. The van der Waals surface area contributed by atoms with Crippen molar-refractivity contribution in [3.05, 3.63) is 109 Å². The summed E-state index contributed by atoms with van der Waals surface area (Å²) < 4.78 is 61.3. The van der Waals surface area contributed by atoms with Gasteiger partial charge in [0.05, 0.1) is 26.4 Å². The second kappa shape index (κ2) is 81.7. The molecule has 0 saturated heterocycles. The predicted molar refractivity (Wildman–Crippen MR) is 445 cm³/mol. The average Bonchev–Trinajstić information content (AvgIpc) is 1.01. The monoisotopic (exact) mass is 1550 g/mol. The Morgan fingerprint density at radius 1 is 0.271 bits per heavy atom. The maximum atomic E-state index is 13.0. The van der Waals surface area contributed by atoms with Gasteiger partial charge in [0.15, 0.2) is 6.10 Å². The minimum Gasteiger partial charge on any atom is -0.463 e. The van der Waals surface area contributed by atoms with Gasteiger partial charge in [-0.3, -0.25) is 32.5 Å². The van der Waals surface area contributed by atoms with Crippen LogP contribution in [0.2, 0.25) is 0 Å². The summed E-state index contributed by atoms with van der Waals surface area (Å²) in [6.45, 7) is 2.57. The Morgan fingerprint density at radius 2 is 0.495 bits per heavy atom. The summed E-state index contributed by atoms with van der Waals surface area (Å²) in [5.74, 6) is -1.58. The molecule has 0 bridgehead atoms. The van der Waals surface area contributed by atoms with E-state index >= 15 is 0 Å². The quantitative estimate of drug-likeness (QED) is 0.0146. The van der Waals surface area contributed by atoms with Gasteiger partial charge in [0.1, 0.15) is 25.4 Å². The Balaban J connectivity index is 4.41. The lowest BCUT2D eigenvalue weighted by molar-refractivity contribution is -0.161. The Kier molecular flexibility index (Phi) is 78.8. The number of aliphatic hydroxyl groups is 2. The third kappa shape index (κ3) is 83.0. The highest BCUT2D eigenvalue weighted by molar-refractivity contribution is 7.47. The van der Waals surface area contributed by atoms with E-state index in [0.717, 1.165) is 128 Å². The van der Waals surface area contributed by atoms with Gasteiger partial charge in [-0.25, -0.2) is 9.13 Å². The van der Waals surface area contributed by atoms with Gasteiger partial charge in [-0.1, -0.05) is 361 Å².